The Kier molecular flexibility index (Phi) is 4.12. The van der Waals surface area contributed by atoms with Crippen LogP contribution in [0.5, 0.6) is 0 Å². The van der Waals surface area contributed by atoms with Gasteiger partial charge in [0.15, 0.2) is 5.76 Å². The van der Waals surface area contributed by atoms with Crippen molar-refractivity contribution in [3.8, 4) is 0 Å². The third-order valence-electron chi connectivity index (χ3n) is 2.57. The maximum absolute atomic E-state index is 10.7. The van der Waals surface area contributed by atoms with Gasteiger partial charge in [0, 0.05) is 24.2 Å². The second-order valence-electron chi connectivity index (χ2n) is 3.81. The molecular formula is C14H16O4. The number of carbonyl (C=O) groups is 1. The summed E-state index contributed by atoms with van der Waals surface area (Å²) < 4.78 is 16.6. The summed E-state index contributed by atoms with van der Waals surface area (Å²) >= 11 is 0. The van der Waals surface area contributed by atoms with Gasteiger partial charge in [-0.2, -0.15) is 0 Å². The Morgan fingerprint density at radius 2 is 1.94 bits per heavy atom. The van der Waals surface area contributed by atoms with Crippen molar-refractivity contribution in [3.63, 3.8) is 0 Å². The highest BCUT2D eigenvalue weighted by molar-refractivity contribution is 5.86. The van der Waals surface area contributed by atoms with Crippen LogP contribution in [0.4, 0.5) is 0 Å². The van der Waals surface area contributed by atoms with Crippen molar-refractivity contribution in [3.05, 3.63) is 35.6 Å². The zero-order chi connectivity index (χ0) is 13.0. The standard InChI is InChI=1S/C14H16O4/c1-3-16-14(17-4-2)13-8-11-6-5-10(9-15)7-12(11)18-13/h5-9,14H,3-4H2,1-2H3. The highest BCUT2D eigenvalue weighted by Crippen LogP contribution is 2.27. The molecule has 1 heterocycles. The van der Waals surface area contributed by atoms with Crippen LogP contribution in [0.15, 0.2) is 28.7 Å². The molecule has 2 rings (SSSR count). The minimum absolute atomic E-state index is 0.493. The molecule has 0 spiro atoms. The molecule has 0 aliphatic rings. The molecule has 0 aliphatic heterocycles. The van der Waals surface area contributed by atoms with Gasteiger partial charge in [-0.1, -0.05) is 12.1 Å². The predicted molar refractivity (Wildman–Crippen MR) is 67.6 cm³/mol. The van der Waals surface area contributed by atoms with E-state index in [1.54, 1.807) is 12.1 Å². The van der Waals surface area contributed by atoms with Gasteiger partial charge in [-0.05, 0) is 26.0 Å². The van der Waals surface area contributed by atoms with E-state index in [0.717, 1.165) is 11.7 Å². The molecule has 18 heavy (non-hydrogen) atoms. The summed E-state index contributed by atoms with van der Waals surface area (Å²) in [6.07, 6.45) is 0.302. The maximum atomic E-state index is 10.7. The molecule has 0 aliphatic carbocycles. The van der Waals surface area contributed by atoms with E-state index in [4.69, 9.17) is 13.9 Å². The molecule has 96 valence electrons. The average molecular weight is 248 g/mol. The number of hydrogen-bond donors (Lipinski definition) is 0. The molecule has 0 bridgehead atoms. The van der Waals surface area contributed by atoms with Crippen LogP contribution in [-0.4, -0.2) is 19.5 Å². The van der Waals surface area contributed by atoms with Gasteiger partial charge in [-0.15, -0.1) is 0 Å². The van der Waals surface area contributed by atoms with E-state index in [1.807, 2.05) is 26.0 Å². The summed E-state index contributed by atoms with van der Waals surface area (Å²) in [5.74, 6) is 0.622. The maximum Gasteiger partial charge on any atom is 0.217 e. The second-order valence-corrected chi connectivity index (χ2v) is 3.81. The Morgan fingerprint density at radius 3 is 2.56 bits per heavy atom. The second kappa shape index (κ2) is 5.80. The van der Waals surface area contributed by atoms with Gasteiger partial charge in [0.1, 0.15) is 11.9 Å². The highest BCUT2D eigenvalue weighted by atomic mass is 16.7. The molecule has 1 aromatic heterocycles. The van der Waals surface area contributed by atoms with Crippen molar-refractivity contribution < 1.29 is 18.7 Å². The van der Waals surface area contributed by atoms with Crippen molar-refractivity contribution >= 4 is 17.3 Å². The lowest BCUT2D eigenvalue weighted by molar-refractivity contribution is -0.150. The van der Waals surface area contributed by atoms with Gasteiger partial charge in [0.05, 0.1) is 0 Å². The zero-order valence-corrected chi connectivity index (χ0v) is 10.5. The average Bonchev–Trinajstić information content (AvgIpc) is 2.81. The smallest absolute Gasteiger partial charge is 0.217 e. The van der Waals surface area contributed by atoms with Crippen LogP contribution in [0.25, 0.3) is 11.0 Å². The molecule has 1 aromatic carbocycles. The summed E-state index contributed by atoms with van der Waals surface area (Å²) in [4.78, 5) is 10.7. The van der Waals surface area contributed by atoms with Gasteiger partial charge in [-0.3, -0.25) is 4.79 Å². The lowest BCUT2D eigenvalue weighted by Crippen LogP contribution is -2.07. The fraction of sp³-hybridized carbons (Fsp3) is 0.357. The van der Waals surface area contributed by atoms with E-state index in [-0.39, 0.29) is 0 Å². The van der Waals surface area contributed by atoms with Crippen molar-refractivity contribution in [2.45, 2.75) is 20.1 Å². The lowest BCUT2D eigenvalue weighted by Gasteiger charge is -2.13. The molecule has 4 nitrogen and oxygen atoms in total. The molecule has 0 N–H and O–H groups in total. The molecule has 2 aromatic rings. The summed E-state index contributed by atoms with van der Waals surface area (Å²) in [5, 5.41) is 0.931. The Hall–Kier alpha value is -1.65. The topological polar surface area (TPSA) is 48.7 Å². The number of furan rings is 1. The van der Waals surface area contributed by atoms with Crippen LogP contribution >= 0.6 is 0 Å². The van der Waals surface area contributed by atoms with Crippen molar-refractivity contribution in [2.75, 3.05) is 13.2 Å². The highest BCUT2D eigenvalue weighted by Gasteiger charge is 2.16. The van der Waals surface area contributed by atoms with Crippen molar-refractivity contribution in [2.24, 2.45) is 0 Å². The number of aldehydes is 1. The minimum atomic E-state index is -0.493. The summed E-state index contributed by atoms with van der Waals surface area (Å²) in [7, 11) is 0. The molecule has 0 amide bonds. The first kappa shape index (κ1) is 12.8. The Bertz CT molecular complexity index is 524. The van der Waals surface area contributed by atoms with Gasteiger partial charge < -0.3 is 13.9 Å². The van der Waals surface area contributed by atoms with E-state index in [9.17, 15) is 4.79 Å². The normalized spacial score (nSPS) is 11.3. The third kappa shape index (κ3) is 2.60. The molecule has 0 atom stereocenters. The monoisotopic (exact) mass is 248 g/mol. The van der Waals surface area contributed by atoms with Crippen LogP contribution < -0.4 is 0 Å². The van der Waals surface area contributed by atoms with E-state index < -0.39 is 6.29 Å². The SMILES string of the molecule is CCOC(OCC)c1cc2ccc(C=O)cc2o1. The van der Waals surface area contributed by atoms with Crippen LogP contribution in [0, 0.1) is 0 Å². The quantitative estimate of drug-likeness (QED) is 0.581. The Balaban J connectivity index is 2.35. The first-order valence-corrected chi connectivity index (χ1v) is 6.00. The molecule has 0 saturated heterocycles. The lowest BCUT2D eigenvalue weighted by atomic mass is 10.2. The molecule has 0 saturated carbocycles. The molecule has 0 unspecified atom stereocenters. The number of carbonyl (C=O) groups excluding carboxylic acids is 1. The van der Waals surface area contributed by atoms with Gasteiger partial charge in [0.2, 0.25) is 6.29 Å². The van der Waals surface area contributed by atoms with Crippen LogP contribution in [0.2, 0.25) is 0 Å². The van der Waals surface area contributed by atoms with Gasteiger partial charge in [-0.25, -0.2) is 0 Å². The first-order valence-electron chi connectivity index (χ1n) is 6.00. The molecule has 0 radical (unpaired) electrons. The summed E-state index contributed by atoms with van der Waals surface area (Å²) in [6.45, 7) is 4.89. The summed E-state index contributed by atoms with van der Waals surface area (Å²) in [6, 6.07) is 7.19. The fourth-order valence-corrected chi connectivity index (χ4v) is 1.77. The fourth-order valence-electron chi connectivity index (χ4n) is 1.77. The van der Waals surface area contributed by atoms with E-state index >= 15 is 0 Å². The number of ether oxygens (including phenoxy) is 2. The third-order valence-corrected chi connectivity index (χ3v) is 2.57. The Morgan fingerprint density at radius 1 is 1.22 bits per heavy atom. The van der Waals surface area contributed by atoms with Gasteiger partial charge >= 0.3 is 0 Å². The largest absolute Gasteiger partial charge is 0.456 e. The Labute approximate surface area is 105 Å². The summed E-state index contributed by atoms with van der Waals surface area (Å²) in [5.41, 5.74) is 1.26. The first-order chi connectivity index (χ1) is 8.78. The number of fused-ring (bicyclic) bond motifs is 1. The van der Waals surface area contributed by atoms with Crippen LogP contribution in [-0.2, 0) is 9.47 Å². The van der Waals surface area contributed by atoms with Crippen LogP contribution in [0.1, 0.15) is 36.3 Å². The van der Waals surface area contributed by atoms with Crippen LogP contribution in [0.3, 0.4) is 0 Å². The number of benzene rings is 1. The number of hydrogen-bond acceptors (Lipinski definition) is 4. The minimum Gasteiger partial charge on any atom is -0.456 e. The van der Waals surface area contributed by atoms with Gasteiger partial charge in [0.25, 0.3) is 0 Å². The molecular weight excluding hydrogens is 232 g/mol. The molecule has 0 fully saturated rings. The number of rotatable bonds is 6. The van der Waals surface area contributed by atoms with E-state index in [2.05, 4.69) is 0 Å². The van der Waals surface area contributed by atoms with Crippen molar-refractivity contribution in [1.29, 1.82) is 0 Å². The molecule has 4 heteroatoms. The van der Waals surface area contributed by atoms with E-state index in [0.29, 0.717) is 30.1 Å². The van der Waals surface area contributed by atoms with E-state index in [1.165, 1.54) is 0 Å². The zero-order valence-electron chi connectivity index (χ0n) is 10.5. The van der Waals surface area contributed by atoms with Crippen molar-refractivity contribution in [1.82, 2.24) is 0 Å². The predicted octanol–water partition coefficient (Wildman–Crippen LogP) is 3.32.